The summed E-state index contributed by atoms with van der Waals surface area (Å²) < 4.78 is 11.3. The molecule has 2 heterocycles. The Morgan fingerprint density at radius 1 is 0.806 bits per heavy atom. The van der Waals surface area contributed by atoms with Crippen molar-refractivity contribution in [2.24, 2.45) is 0 Å². The first-order valence-electron chi connectivity index (χ1n) is 11.8. The lowest BCUT2D eigenvalue weighted by Crippen LogP contribution is -2.15. The second-order valence-corrected chi connectivity index (χ2v) is 9.12. The molecule has 0 fully saturated rings. The van der Waals surface area contributed by atoms with Crippen LogP contribution in [-0.4, -0.2) is 84.2 Å². The lowest BCUT2D eigenvalue weighted by atomic mass is 10.2. The van der Waals surface area contributed by atoms with Gasteiger partial charge in [-0.05, 0) is 65.3 Å². The Morgan fingerprint density at radius 3 is 1.94 bits per heavy atom. The molecule has 2 aromatic heterocycles. The molecule has 4 aromatic rings. The van der Waals surface area contributed by atoms with E-state index < -0.39 is 0 Å². The van der Waals surface area contributed by atoms with Gasteiger partial charge in [-0.15, -0.1) is 0 Å². The Morgan fingerprint density at radius 2 is 1.36 bits per heavy atom. The maximum absolute atomic E-state index is 11.5. The Labute approximate surface area is 216 Å². The fourth-order valence-corrected chi connectivity index (χ4v) is 3.58. The maximum atomic E-state index is 11.5. The minimum absolute atomic E-state index is 0.126. The highest BCUT2D eigenvalue weighted by Crippen LogP contribution is 2.23. The summed E-state index contributed by atoms with van der Waals surface area (Å²) in [6.45, 7) is 3.36. The number of hydrogen-bond donors (Lipinski definition) is 1. The van der Waals surface area contributed by atoms with Gasteiger partial charge in [-0.3, -0.25) is 4.79 Å². The number of benzene rings is 2. The van der Waals surface area contributed by atoms with Crippen LogP contribution in [0.15, 0.2) is 53.8 Å². The summed E-state index contributed by atoms with van der Waals surface area (Å²) >= 11 is 5.97. The van der Waals surface area contributed by atoms with Crippen molar-refractivity contribution in [1.29, 1.82) is 0 Å². The number of nitrogens with zero attached hydrogens (tertiary/aromatic N) is 5. The fraction of sp³-hybridized carbons (Fsp3) is 0.385. The average Bonchev–Trinajstić information content (AvgIpc) is 2.85. The number of H-pyrrole nitrogens is 1. The Kier molecular flexibility index (Phi) is 10.4. The molecule has 0 aliphatic rings. The molecule has 0 saturated heterocycles. The van der Waals surface area contributed by atoms with Crippen molar-refractivity contribution in [2.75, 3.05) is 54.5 Å². The molecule has 0 aliphatic heterocycles. The van der Waals surface area contributed by atoms with Gasteiger partial charge in [0.1, 0.15) is 23.0 Å². The smallest absolute Gasteiger partial charge is 0.258 e. The number of fused-ring (bicyclic) bond motifs is 2. The largest absolute Gasteiger partial charge is 0.493 e. The summed E-state index contributed by atoms with van der Waals surface area (Å²) in [6, 6.07) is 11.0. The van der Waals surface area contributed by atoms with E-state index in [9.17, 15) is 4.79 Å². The van der Waals surface area contributed by atoms with E-state index in [0.29, 0.717) is 29.3 Å². The van der Waals surface area contributed by atoms with Crippen LogP contribution in [0.25, 0.3) is 21.8 Å². The van der Waals surface area contributed by atoms with Crippen molar-refractivity contribution in [3.8, 4) is 11.5 Å². The monoisotopic (exact) mass is 512 g/mol. The number of hydrogen-bond acceptors (Lipinski definition) is 8. The molecule has 0 saturated carbocycles. The summed E-state index contributed by atoms with van der Waals surface area (Å²) in [5, 5.41) is 1.90. The molecular formula is C26H33ClN6O3. The predicted molar refractivity (Wildman–Crippen MR) is 144 cm³/mol. The van der Waals surface area contributed by atoms with Gasteiger partial charge in [-0.2, -0.15) is 0 Å². The number of aromatic amines is 1. The zero-order chi connectivity index (χ0) is 25.9. The average molecular weight is 513 g/mol. The molecule has 10 heteroatoms. The predicted octanol–water partition coefficient (Wildman–Crippen LogP) is 3.87. The Bertz CT molecular complexity index is 1310. The molecule has 0 atom stereocenters. The topological polar surface area (TPSA) is 96.5 Å². The number of nitrogens with one attached hydrogen (secondary N) is 1. The molecule has 0 amide bonds. The molecule has 1 N–H and O–H groups in total. The summed E-state index contributed by atoms with van der Waals surface area (Å²) in [6.07, 6.45) is 4.82. The van der Waals surface area contributed by atoms with Gasteiger partial charge in [-0.25, -0.2) is 15.0 Å². The Hall–Kier alpha value is -3.27. The van der Waals surface area contributed by atoms with Crippen molar-refractivity contribution < 1.29 is 9.47 Å². The lowest BCUT2D eigenvalue weighted by molar-refractivity contribution is 0.282. The van der Waals surface area contributed by atoms with Gasteiger partial charge in [0.05, 0.1) is 36.0 Å². The minimum atomic E-state index is -0.126. The highest BCUT2D eigenvalue weighted by molar-refractivity contribution is 6.34. The van der Waals surface area contributed by atoms with Crippen molar-refractivity contribution in [3.63, 3.8) is 0 Å². The third-order valence-corrected chi connectivity index (χ3v) is 5.51. The summed E-state index contributed by atoms with van der Waals surface area (Å²) in [7, 11) is 8.17. The van der Waals surface area contributed by atoms with E-state index in [4.69, 9.17) is 21.1 Å². The number of rotatable bonds is 10. The summed E-state index contributed by atoms with van der Waals surface area (Å²) in [5.74, 6) is 1.57. The second kappa shape index (κ2) is 13.7. The van der Waals surface area contributed by atoms with Gasteiger partial charge in [0.15, 0.2) is 0 Å². The van der Waals surface area contributed by atoms with E-state index in [0.717, 1.165) is 48.3 Å². The van der Waals surface area contributed by atoms with Crippen LogP contribution in [0, 0.1) is 0 Å². The van der Waals surface area contributed by atoms with E-state index in [2.05, 4.69) is 43.8 Å². The molecule has 0 spiro atoms. The third kappa shape index (κ3) is 8.44. The summed E-state index contributed by atoms with van der Waals surface area (Å²) in [4.78, 5) is 30.5. The highest BCUT2D eigenvalue weighted by atomic mass is 35.5. The summed E-state index contributed by atoms with van der Waals surface area (Å²) in [5.41, 5.74) is 1.34. The van der Waals surface area contributed by atoms with Crippen LogP contribution in [0.5, 0.6) is 11.5 Å². The van der Waals surface area contributed by atoms with Crippen LogP contribution in [0.4, 0.5) is 0 Å². The highest BCUT2D eigenvalue weighted by Gasteiger charge is 2.04. The number of aromatic nitrogens is 4. The zero-order valence-electron chi connectivity index (χ0n) is 21.2. The van der Waals surface area contributed by atoms with Gasteiger partial charge in [0.25, 0.3) is 5.56 Å². The molecule has 0 radical (unpaired) electrons. The maximum Gasteiger partial charge on any atom is 0.258 e. The lowest BCUT2D eigenvalue weighted by Gasteiger charge is -2.10. The van der Waals surface area contributed by atoms with Crippen molar-refractivity contribution in [1.82, 2.24) is 29.7 Å². The molecule has 0 unspecified atom stereocenters. The van der Waals surface area contributed by atoms with Crippen LogP contribution in [-0.2, 0) is 0 Å². The second-order valence-electron chi connectivity index (χ2n) is 8.76. The van der Waals surface area contributed by atoms with E-state index in [1.54, 1.807) is 18.2 Å². The van der Waals surface area contributed by atoms with E-state index in [1.807, 2.05) is 32.3 Å². The fourth-order valence-electron chi connectivity index (χ4n) is 3.37. The van der Waals surface area contributed by atoms with Gasteiger partial charge >= 0.3 is 0 Å². The van der Waals surface area contributed by atoms with Crippen LogP contribution in [0.1, 0.15) is 12.8 Å². The van der Waals surface area contributed by atoms with Crippen molar-refractivity contribution >= 4 is 33.4 Å². The van der Waals surface area contributed by atoms with Crippen molar-refractivity contribution in [2.45, 2.75) is 12.8 Å². The molecular weight excluding hydrogens is 480 g/mol. The van der Waals surface area contributed by atoms with Gasteiger partial charge in [-0.1, -0.05) is 11.6 Å². The van der Waals surface area contributed by atoms with Crippen LogP contribution in [0.2, 0.25) is 5.15 Å². The Balaban J connectivity index is 0.000000201. The van der Waals surface area contributed by atoms with Crippen LogP contribution in [0.3, 0.4) is 0 Å². The molecule has 192 valence electrons. The van der Waals surface area contributed by atoms with Gasteiger partial charge in [0, 0.05) is 30.6 Å². The van der Waals surface area contributed by atoms with Crippen molar-refractivity contribution in [3.05, 3.63) is 64.6 Å². The number of halogens is 1. The van der Waals surface area contributed by atoms with Gasteiger partial charge in [0.2, 0.25) is 0 Å². The quantitative estimate of drug-likeness (QED) is 0.253. The first-order valence-corrected chi connectivity index (χ1v) is 12.1. The number of ether oxygens (including phenoxy) is 2. The normalized spacial score (nSPS) is 11.1. The first-order chi connectivity index (χ1) is 17.3. The SMILES string of the molecule is CN(C)CCCOc1ccc2c(=O)[nH]cnc2c1.CN(C)CCCOc1ccc2c(Cl)ncnc2c1. The van der Waals surface area contributed by atoms with E-state index in [-0.39, 0.29) is 5.56 Å². The molecule has 0 bridgehead atoms. The van der Waals surface area contributed by atoms with E-state index in [1.165, 1.54) is 12.7 Å². The van der Waals surface area contributed by atoms with Crippen LogP contribution >= 0.6 is 11.6 Å². The molecule has 2 aromatic carbocycles. The molecule has 0 aliphatic carbocycles. The first kappa shape index (κ1) is 27.3. The van der Waals surface area contributed by atoms with E-state index >= 15 is 0 Å². The van der Waals surface area contributed by atoms with Crippen LogP contribution < -0.4 is 15.0 Å². The molecule has 36 heavy (non-hydrogen) atoms. The van der Waals surface area contributed by atoms with Gasteiger partial charge < -0.3 is 24.3 Å². The molecule has 9 nitrogen and oxygen atoms in total. The molecule has 4 rings (SSSR count). The third-order valence-electron chi connectivity index (χ3n) is 5.21. The zero-order valence-corrected chi connectivity index (χ0v) is 22.0. The minimum Gasteiger partial charge on any atom is -0.493 e. The standard InChI is InChI=1S/C13H16ClN3O.C13H17N3O2/c1-17(2)6-3-7-18-10-4-5-11-12(8-10)15-9-16-13(11)14;1-16(2)6-3-7-18-10-4-5-11-12(8-10)14-9-15-13(11)17/h4-5,8-9H,3,6-7H2,1-2H3;4-5,8-9H,3,6-7H2,1-2H3,(H,14,15,17).